The Balaban J connectivity index is 1.71. The number of aryl methyl sites for hydroxylation is 1. The molecule has 0 saturated heterocycles. The van der Waals surface area contributed by atoms with Gasteiger partial charge in [0.2, 0.25) is 0 Å². The Hall–Kier alpha value is -2.49. The number of carbonyl (C=O) groups excluding carboxylic acids is 1. The van der Waals surface area contributed by atoms with Gasteiger partial charge in [-0.1, -0.05) is 43.3 Å². The van der Waals surface area contributed by atoms with Crippen LogP contribution in [0.15, 0.2) is 54.6 Å². The smallest absolute Gasteiger partial charge is 0.319 e. The van der Waals surface area contributed by atoms with Crippen molar-refractivity contribution in [3.05, 3.63) is 60.2 Å². The van der Waals surface area contributed by atoms with Crippen LogP contribution in [-0.4, -0.2) is 19.2 Å². The van der Waals surface area contributed by atoms with Crippen LogP contribution >= 0.6 is 0 Å². The van der Waals surface area contributed by atoms with E-state index in [1.165, 1.54) is 5.56 Å². The second-order valence-electron chi connectivity index (χ2n) is 4.56. The first-order chi connectivity index (χ1) is 10.3. The highest BCUT2D eigenvalue weighted by atomic mass is 16.5. The molecule has 2 amide bonds. The van der Waals surface area contributed by atoms with E-state index in [4.69, 9.17) is 4.74 Å². The molecule has 0 fully saturated rings. The minimum absolute atomic E-state index is 0.228. The highest BCUT2D eigenvalue weighted by Gasteiger charge is 2.02. The fraction of sp³-hybridized carbons (Fsp3) is 0.235. The number of rotatable bonds is 6. The molecule has 0 aliphatic rings. The first kappa shape index (κ1) is 14.9. The number of para-hydroxylation sites is 2. The van der Waals surface area contributed by atoms with Gasteiger partial charge in [-0.05, 0) is 30.2 Å². The summed E-state index contributed by atoms with van der Waals surface area (Å²) in [4.78, 5) is 11.7. The third kappa shape index (κ3) is 4.84. The Morgan fingerprint density at radius 2 is 1.76 bits per heavy atom. The third-order valence-corrected chi connectivity index (χ3v) is 3.03. The standard InChI is InChI=1S/C17H20N2O2/c1-2-14-8-6-7-11-16(14)21-13-12-18-17(20)19-15-9-4-3-5-10-15/h3-11H,2,12-13H2,1H3,(H2,18,19,20). The van der Waals surface area contributed by atoms with E-state index >= 15 is 0 Å². The topological polar surface area (TPSA) is 50.4 Å². The number of amides is 2. The zero-order chi connectivity index (χ0) is 14.9. The number of anilines is 1. The Labute approximate surface area is 125 Å². The highest BCUT2D eigenvalue weighted by molar-refractivity contribution is 5.89. The van der Waals surface area contributed by atoms with Crippen LogP contribution in [0.4, 0.5) is 10.5 Å². The van der Waals surface area contributed by atoms with Crippen LogP contribution in [0.5, 0.6) is 5.75 Å². The first-order valence-corrected chi connectivity index (χ1v) is 7.10. The van der Waals surface area contributed by atoms with Gasteiger partial charge in [-0.2, -0.15) is 0 Å². The van der Waals surface area contributed by atoms with E-state index in [0.717, 1.165) is 17.9 Å². The Morgan fingerprint density at radius 3 is 2.52 bits per heavy atom. The molecule has 2 rings (SSSR count). The summed E-state index contributed by atoms with van der Waals surface area (Å²) in [7, 11) is 0. The van der Waals surface area contributed by atoms with Crippen molar-refractivity contribution in [3.8, 4) is 5.75 Å². The van der Waals surface area contributed by atoms with E-state index in [9.17, 15) is 4.79 Å². The molecule has 0 bridgehead atoms. The predicted molar refractivity (Wildman–Crippen MR) is 84.8 cm³/mol. The van der Waals surface area contributed by atoms with E-state index in [1.54, 1.807) is 0 Å². The van der Waals surface area contributed by atoms with Crippen molar-refractivity contribution in [3.63, 3.8) is 0 Å². The fourth-order valence-electron chi connectivity index (χ4n) is 1.96. The molecule has 2 aromatic carbocycles. The molecule has 110 valence electrons. The summed E-state index contributed by atoms with van der Waals surface area (Å²) in [6.45, 7) is 2.99. The Morgan fingerprint density at radius 1 is 1.05 bits per heavy atom. The summed E-state index contributed by atoms with van der Waals surface area (Å²) in [5, 5.41) is 5.52. The number of urea groups is 1. The van der Waals surface area contributed by atoms with E-state index in [2.05, 4.69) is 17.6 Å². The number of benzene rings is 2. The van der Waals surface area contributed by atoms with Crippen molar-refractivity contribution >= 4 is 11.7 Å². The van der Waals surface area contributed by atoms with Gasteiger partial charge in [0, 0.05) is 5.69 Å². The van der Waals surface area contributed by atoms with E-state index in [1.807, 2.05) is 54.6 Å². The Kier molecular flexibility index (Phi) is 5.64. The number of hydrogen-bond acceptors (Lipinski definition) is 2. The monoisotopic (exact) mass is 284 g/mol. The van der Waals surface area contributed by atoms with Gasteiger partial charge in [-0.3, -0.25) is 0 Å². The normalized spacial score (nSPS) is 9.95. The van der Waals surface area contributed by atoms with Gasteiger partial charge in [0.15, 0.2) is 0 Å². The molecule has 2 N–H and O–H groups in total. The minimum atomic E-state index is -0.228. The zero-order valence-electron chi connectivity index (χ0n) is 12.1. The van der Waals surface area contributed by atoms with Gasteiger partial charge in [0.25, 0.3) is 0 Å². The van der Waals surface area contributed by atoms with Gasteiger partial charge in [0.1, 0.15) is 12.4 Å². The molecular formula is C17H20N2O2. The lowest BCUT2D eigenvalue weighted by molar-refractivity contribution is 0.247. The predicted octanol–water partition coefficient (Wildman–Crippen LogP) is 3.45. The summed E-state index contributed by atoms with van der Waals surface area (Å²) in [6.07, 6.45) is 0.929. The van der Waals surface area contributed by atoms with Crippen LogP contribution in [0.2, 0.25) is 0 Å². The average Bonchev–Trinajstić information content (AvgIpc) is 2.53. The third-order valence-electron chi connectivity index (χ3n) is 3.03. The van der Waals surface area contributed by atoms with E-state index in [-0.39, 0.29) is 6.03 Å². The summed E-state index contributed by atoms with van der Waals surface area (Å²) in [5.74, 6) is 0.880. The van der Waals surface area contributed by atoms with Crippen LogP contribution in [0.1, 0.15) is 12.5 Å². The number of hydrogen-bond donors (Lipinski definition) is 2. The number of ether oxygens (including phenoxy) is 1. The van der Waals surface area contributed by atoms with Crippen molar-refractivity contribution in [2.24, 2.45) is 0 Å². The molecule has 4 heteroatoms. The van der Waals surface area contributed by atoms with Crippen molar-refractivity contribution < 1.29 is 9.53 Å². The molecule has 21 heavy (non-hydrogen) atoms. The highest BCUT2D eigenvalue weighted by Crippen LogP contribution is 2.17. The molecule has 0 aliphatic carbocycles. The zero-order valence-corrected chi connectivity index (χ0v) is 12.1. The molecule has 2 aromatic rings. The van der Waals surface area contributed by atoms with Crippen LogP contribution in [0.3, 0.4) is 0 Å². The van der Waals surface area contributed by atoms with Crippen molar-refractivity contribution in [2.75, 3.05) is 18.5 Å². The SMILES string of the molecule is CCc1ccccc1OCCNC(=O)Nc1ccccc1. The summed E-state index contributed by atoms with van der Waals surface area (Å²) < 4.78 is 5.69. The van der Waals surface area contributed by atoms with E-state index < -0.39 is 0 Å². The van der Waals surface area contributed by atoms with Gasteiger partial charge in [0.05, 0.1) is 6.54 Å². The minimum Gasteiger partial charge on any atom is -0.491 e. The van der Waals surface area contributed by atoms with E-state index in [0.29, 0.717) is 13.2 Å². The molecule has 0 unspecified atom stereocenters. The molecule has 0 aliphatic heterocycles. The van der Waals surface area contributed by atoms with Gasteiger partial charge in [-0.25, -0.2) is 4.79 Å². The molecule has 0 heterocycles. The maximum atomic E-state index is 11.7. The second kappa shape index (κ2) is 7.94. The summed E-state index contributed by atoms with van der Waals surface area (Å²) >= 11 is 0. The molecule has 0 radical (unpaired) electrons. The average molecular weight is 284 g/mol. The molecule has 0 aromatic heterocycles. The molecule has 4 nitrogen and oxygen atoms in total. The molecule has 0 saturated carbocycles. The second-order valence-corrected chi connectivity index (χ2v) is 4.56. The summed E-state index contributed by atoms with van der Waals surface area (Å²) in [5.41, 5.74) is 1.94. The largest absolute Gasteiger partial charge is 0.491 e. The van der Waals surface area contributed by atoms with Crippen LogP contribution in [-0.2, 0) is 6.42 Å². The molecule has 0 spiro atoms. The Bertz CT molecular complexity index is 570. The molecule has 0 atom stereocenters. The lowest BCUT2D eigenvalue weighted by Crippen LogP contribution is -2.32. The number of nitrogens with one attached hydrogen (secondary N) is 2. The fourth-order valence-corrected chi connectivity index (χ4v) is 1.96. The van der Waals surface area contributed by atoms with Crippen molar-refractivity contribution in [1.29, 1.82) is 0 Å². The van der Waals surface area contributed by atoms with Crippen molar-refractivity contribution in [2.45, 2.75) is 13.3 Å². The maximum Gasteiger partial charge on any atom is 0.319 e. The van der Waals surface area contributed by atoms with Crippen LogP contribution < -0.4 is 15.4 Å². The van der Waals surface area contributed by atoms with Gasteiger partial charge in [-0.15, -0.1) is 0 Å². The van der Waals surface area contributed by atoms with Crippen molar-refractivity contribution in [1.82, 2.24) is 5.32 Å². The molecular weight excluding hydrogens is 264 g/mol. The maximum absolute atomic E-state index is 11.7. The first-order valence-electron chi connectivity index (χ1n) is 7.10. The quantitative estimate of drug-likeness (QED) is 0.798. The van der Waals surface area contributed by atoms with Gasteiger partial charge >= 0.3 is 6.03 Å². The summed E-state index contributed by atoms with van der Waals surface area (Å²) in [6, 6.07) is 17.0. The van der Waals surface area contributed by atoms with Gasteiger partial charge < -0.3 is 15.4 Å². The number of carbonyl (C=O) groups is 1. The van der Waals surface area contributed by atoms with Crippen LogP contribution in [0, 0.1) is 0 Å². The lowest BCUT2D eigenvalue weighted by Gasteiger charge is -2.11. The lowest BCUT2D eigenvalue weighted by atomic mass is 10.1. The van der Waals surface area contributed by atoms with Crippen LogP contribution in [0.25, 0.3) is 0 Å².